The second kappa shape index (κ2) is 3.99. The van der Waals surface area contributed by atoms with Gasteiger partial charge in [-0.1, -0.05) is 23.8 Å². The minimum Gasteiger partial charge on any atom is -0.289 e. The van der Waals surface area contributed by atoms with Gasteiger partial charge in [0.05, 0.1) is 0 Å². The van der Waals surface area contributed by atoms with Gasteiger partial charge in [-0.25, -0.2) is 4.39 Å². The normalized spacial score (nSPS) is 11.5. The van der Waals surface area contributed by atoms with Gasteiger partial charge in [0.15, 0.2) is 5.78 Å². The summed E-state index contributed by atoms with van der Waals surface area (Å²) in [4.78, 5) is 11.3. The molecule has 0 atom stereocenters. The number of aryl methyl sites for hydroxylation is 1. The van der Waals surface area contributed by atoms with E-state index in [1.165, 1.54) is 6.92 Å². The molecule has 0 saturated carbocycles. The average Bonchev–Trinajstić information content (AvgIpc) is 2.03. The van der Waals surface area contributed by atoms with Gasteiger partial charge in [-0.3, -0.25) is 4.79 Å². The molecule has 0 amide bonds. The number of allylic oxidation sites excluding steroid dienone is 2. The maximum absolute atomic E-state index is 12.4. The van der Waals surface area contributed by atoms with Crippen LogP contribution in [0.4, 0.5) is 4.39 Å². The Morgan fingerprint density at radius 3 is 2.69 bits per heavy atom. The van der Waals surface area contributed by atoms with Gasteiger partial charge in [0, 0.05) is 11.6 Å². The lowest BCUT2D eigenvalue weighted by molar-refractivity contribution is 0.104. The summed E-state index contributed by atoms with van der Waals surface area (Å²) in [7, 11) is 0. The van der Waals surface area contributed by atoms with Crippen molar-refractivity contribution in [2.75, 3.05) is 0 Å². The lowest BCUT2D eigenvalue weighted by Gasteiger charge is -1.96. The van der Waals surface area contributed by atoms with Crippen molar-refractivity contribution in [3.05, 3.63) is 47.3 Å². The highest BCUT2D eigenvalue weighted by molar-refractivity contribution is 6.04. The molecule has 2 heteroatoms. The van der Waals surface area contributed by atoms with Crippen molar-refractivity contribution in [1.82, 2.24) is 0 Å². The first-order valence-corrected chi connectivity index (χ1v) is 4.04. The van der Waals surface area contributed by atoms with E-state index < -0.39 is 5.83 Å². The third kappa shape index (κ3) is 2.82. The zero-order valence-electron chi connectivity index (χ0n) is 7.67. The van der Waals surface area contributed by atoms with Crippen molar-refractivity contribution in [1.29, 1.82) is 0 Å². The number of benzene rings is 1. The van der Waals surface area contributed by atoms with Gasteiger partial charge in [0.2, 0.25) is 0 Å². The van der Waals surface area contributed by atoms with E-state index >= 15 is 0 Å². The van der Waals surface area contributed by atoms with Gasteiger partial charge in [-0.05, 0) is 19.9 Å². The van der Waals surface area contributed by atoms with Gasteiger partial charge in [0.25, 0.3) is 0 Å². The van der Waals surface area contributed by atoms with Gasteiger partial charge in [-0.2, -0.15) is 0 Å². The molecular formula is C11H11FO. The van der Waals surface area contributed by atoms with Crippen molar-refractivity contribution in [3.63, 3.8) is 0 Å². The minimum absolute atomic E-state index is 0.288. The van der Waals surface area contributed by atoms with Crippen molar-refractivity contribution < 1.29 is 9.18 Å². The van der Waals surface area contributed by atoms with Crippen LogP contribution in [0, 0.1) is 6.92 Å². The SMILES string of the molecule is C/C(F)=C/C(=O)c1cccc(C)c1. The summed E-state index contributed by atoms with van der Waals surface area (Å²) in [6, 6.07) is 7.09. The van der Waals surface area contributed by atoms with E-state index in [-0.39, 0.29) is 5.78 Å². The van der Waals surface area contributed by atoms with E-state index in [4.69, 9.17) is 0 Å². The lowest BCUT2D eigenvalue weighted by Crippen LogP contribution is -1.94. The Morgan fingerprint density at radius 2 is 2.15 bits per heavy atom. The zero-order chi connectivity index (χ0) is 9.84. The summed E-state index contributed by atoms with van der Waals surface area (Å²) in [6.45, 7) is 3.15. The molecule has 0 aromatic heterocycles. The van der Waals surface area contributed by atoms with Crippen molar-refractivity contribution in [3.8, 4) is 0 Å². The van der Waals surface area contributed by atoms with Gasteiger partial charge >= 0.3 is 0 Å². The minimum atomic E-state index is -0.466. The molecule has 13 heavy (non-hydrogen) atoms. The van der Waals surface area contributed by atoms with Crippen LogP contribution in [0.2, 0.25) is 0 Å². The second-order valence-electron chi connectivity index (χ2n) is 2.96. The zero-order valence-corrected chi connectivity index (χ0v) is 7.67. The number of hydrogen-bond donors (Lipinski definition) is 0. The Kier molecular flexibility index (Phi) is 2.96. The summed E-state index contributed by atoms with van der Waals surface area (Å²) in [6.07, 6.45) is 0.995. The summed E-state index contributed by atoms with van der Waals surface area (Å²) in [5.74, 6) is -0.754. The molecule has 1 aromatic rings. The van der Waals surface area contributed by atoms with E-state index in [0.717, 1.165) is 11.6 Å². The Bertz CT molecular complexity index is 349. The van der Waals surface area contributed by atoms with E-state index in [1.54, 1.807) is 18.2 Å². The monoisotopic (exact) mass is 178 g/mol. The van der Waals surface area contributed by atoms with Crippen LogP contribution in [0.1, 0.15) is 22.8 Å². The van der Waals surface area contributed by atoms with Crippen molar-refractivity contribution in [2.24, 2.45) is 0 Å². The van der Waals surface area contributed by atoms with Crippen LogP contribution in [-0.4, -0.2) is 5.78 Å². The van der Waals surface area contributed by atoms with Crippen LogP contribution >= 0.6 is 0 Å². The quantitative estimate of drug-likeness (QED) is 0.502. The maximum Gasteiger partial charge on any atom is 0.188 e. The number of carbonyl (C=O) groups excluding carboxylic acids is 1. The summed E-state index contributed by atoms with van der Waals surface area (Å²) < 4.78 is 12.4. The molecule has 1 aromatic carbocycles. The smallest absolute Gasteiger partial charge is 0.188 e. The fraction of sp³-hybridized carbons (Fsp3) is 0.182. The molecule has 0 spiro atoms. The molecule has 0 saturated heterocycles. The van der Waals surface area contributed by atoms with Gasteiger partial charge in [-0.15, -0.1) is 0 Å². The van der Waals surface area contributed by atoms with Crippen LogP contribution in [0.25, 0.3) is 0 Å². The molecule has 1 nitrogen and oxygen atoms in total. The average molecular weight is 178 g/mol. The van der Waals surface area contributed by atoms with E-state index in [9.17, 15) is 9.18 Å². The van der Waals surface area contributed by atoms with Gasteiger partial charge < -0.3 is 0 Å². The molecule has 68 valence electrons. The van der Waals surface area contributed by atoms with Crippen molar-refractivity contribution >= 4 is 5.78 Å². The Balaban J connectivity index is 2.96. The summed E-state index contributed by atoms with van der Waals surface area (Å²) in [5, 5.41) is 0. The molecule has 0 aliphatic carbocycles. The molecular weight excluding hydrogens is 167 g/mol. The third-order valence-corrected chi connectivity index (χ3v) is 1.63. The number of halogens is 1. The predicted octanol–water partition coefficient (Wildman–Crippen LogP) is 3.05. The Hall–Kier alpha value is -1.44. The van der Waals surface area contributed by atoms with Crippen molar-refractivity contribution in [2.45, 2.75) is 13.8 Å². The maximum atomic E-state index is 12.4. The number of ketones is 1. The topological polar surface area (TPSA) is 17.1 Å². The molecule has 0 aliphatic heterocycles. The standard InChI is InChI=1S/C11H11FO/c1-8-4-3-5-10(6-8)11(13)7-9(2)12/h3-7H,1-2H3/b9-7-. The number of rotatable bonds is 2. The lowest BCUT2D eigenvalue weighted by atomic mass is 10.1. The second-order valence-corrected chi connectivity index (χ2v) is 2.96. The Labute approximate surface area is 76.9 Å². The molecule has 0 heterocycles. The van der Waals surface area contributed by atoms with Crippen LogP contribution in [0.15, 0.2) is 36.2 Å². The number of hydrogen-bond acceptors (Lipinski definition) is 1. The molecule has 0 aliphatic rings. The first kappa shape index (κ1) is 9.65. The van der Waals surface area contributed by atoms with E-state index in [0.29, 0.717) is 5.56 Å². The van der Waals surface area contributed by atoms with Gasteiger partial charge in [0.1, 0.15) is 5.83 Å². The van der Waals surface area contributed by atoms with Crippen LogP contribution in [0.5, 0.6) is 0 Å². The van der Waals surface area contributed by atoms with Crippen LogP contribution < -0.4 is 0 Å². The fourth-order valence-corrected chi connectivity index (χ4v) is 1.06. The largest absolute Gasteiger partial charge is 0.289 e. The highest BCUT2D eigenvalue weighted by Crippen LogP contribution is 2.07. The fourth-order valence-electron chi connectivity index (χ4n) is 1.06. The Morgan fingerprint density at radius 1 is 1.46 bits per heavy atom. The van der Waals surface area contributed by atoms with Crippen LogP contribution in [-0.2, 0) is 0 Å². The summed E-state index contributed by atoms with van der Waals surface area (Å²) in [5.41, 5.74) is 1.52. The highest BCUT2D eigenvalue weighted by Gasteiger charge is 2.02. The van der Waals surface area contributed by atoms with E-state index in [2.05, 4.69) is 0 Å². The molecule has 0 bridgehead atoms. The number of carbonyl (C=O) groups is 1. The van der Waals surface area contributed by atoms with Crippen LogP contribution in [0.3, 0.4) is 0 Å². The first-order chi connectivity index (χ1) is 6.09. The third-order valence-electron chi connectivity index (χ3n) is 1.63. The first-order valence-electron chi connectivity index (χ1n) is 4.04. The summed E-state index contributed by atoms with van der Waals surface area (Å²) >= 11 is 0. The molecule has 1 rings (SSSR count). The predicted molar refractivity (Wildman–Crippen MR) is 50.4 cm³/mol. The molecule has 0 radical (unpaired) electrons. The molecule has 0 unspecified atom stereocenters. The highest BCUT2D eigenvalue weighted by atomic mass is 19.1. The van der Waals surface area contributed by atoms with E-state index in [1.807, 2.05) is 13.0 Å². The molecule has 0 N–H and O–H groups in total. The molecule has 0 fully saturated rings.